The molecule has 0 spiro atoms. The largest absolute Gasteiger partial charge is 0.482 e. The third kappa shape index (κ3) is 1.62. The number of hydrogen-bond donors (Lipinski definition) is 0. The van der Waals surface area contributed by atoms with Crippen LogP contribution in [0.4, 0.5) is 4.79 Å². The molecular formula is C9H12N2O4. The molecular weight excluding hydrogens is 200 g/mol. The molecule has 0 aromatic rings. The molecule has 82 valence electrons. The summed E-state index contributed by atoms with van der Waals surface area (Å²) < 4.78 is 9.68. The van der Waals surface area contributed by atoms with Crippen LogP contribution in [0.3, 0.4) is 0 Å². The van der Waals surface area contributed by atoms with E-state index >= 15 is 0 Å². The van der Waals surface area contributed by atoms with Crippen molar-refractivity contribution in [2.45, 2.75) is 6.10 Å². The van der Waals surface area contributed by atoms with Crippen LogP contribution >= 0.6 is 0 Å². The van der Waals surface area contributed by atoms with Crippen molar-refractivity contribution in [1.29, 1.82) is 0 Å². The van der Waals surface area contributed by atoms with Crippen LogP contribution in [-0.4, -0.2) is 43.8 Å². The number of ether oxygens (including phenoxy) is 2. The van der Waals surface area contributed by atoms with Gasteiger partial charge in [-0.25, -0.2) is 4.79 Å². The fourth-order valence-electron chi connectivity index (χ4n) is 1.65. The van der Waals surface area contributed by atoms with Gasteiger partial charge in [-0.05, 0) is 6.08 Å². The van der Waals surface area contributed by atoms with E-state index in [9.17, 15) is 4.79 Å². The summed E-state index contributed by atoms with van der Waals surface area (Å²) in [4.78, 5) is 17.9. The molecule has 6 heteroatoms. The highest BCUT2D eigenvalue weighted by atomic mass is 16.7. The Morgan fingerprint density at radius 1 is 1.67 bits per heavy atom. The Kier molecular flexibility index (Phi) is 2.49. The first-order chi connectivity index (χ1) is 7.26. The van der Waals surface area contributed by atoms with Gasteiger partial charge < -0.3 is 14.3 Å². The average molecular weight is 212 g/mol. The second-order valence-corrected chi connectivity index (χ2v) is 3.27. The third-order valence-electron chi connectivity index (χ3n) is 2.45. The van der Waals surface area contributed by atoms with E-state index in [0.717, 1.165) is 0 Å². The van der Waals surface area contributed by atoms with E-state index in [1.165, 1.54) is 19.1 Å². The molecule has 0 N–H and O–H groups in total. The van der Waals surface area contributed by atoms with Crippen LogP contribution < -0.4 is 0 Å². The Morgan fingerprint density at radius 2 is 2.47 bits per heavy atom. The van der Waals surface area contributed by atoms with Crippen molar-refractivity contribution in [3.8, 4) is 0 Å². The highest BCUT2D eigenvalue weighted by Gasteiger charge is 2.38. The molecule has 0 bridgehead atoms. The number of carbonyl (C=O) groups is 1. The molecule has 2 aliphatic rings. The zero-order valence-electron chi connectivity index (χ0n) is 8.54. The minimum absolute atomic E-state index is 0.0425. The van der Waals surface area contributed by atoms with Gasteiger partial charge >= 0.3 is 6.09 Å². The number of amides is 1. The Balaban J connectivity index is 2.10. The predicted octanol–water partition coefficient (Wildman–Crippen LogP) is 0.557. The molecule has 2 rings (SSSR count). The zero-order valence-corrected chi connectivity index (χ0v) is 8.54. The molecule has 0 aromatic carbocycles. The van der Waals surface area contributed by atoms with E-state index in [1.807, 2.05) is 0 Å². The summed E-state index contributed by atoms with van der Waals surface area (Å²) >= 11 is 0. The molecule has 0 aromatic heterocycles. The Hall–Kier alpha value is -1.72. The van der Waals surface area contributed by atoms with Gasteiger partial charge in [-0.1, -0.05) is 5.16 Å². The summed E-state index contributed by atoms with van der Waals surface area (Å²) in [7, 11) is 2.88. The predicted molar refractivity (Wildman–Crippen MR) is 51.1 cm³/mol. The molecule has 0 radical (unpaired) electrons. The van der Waals surface area contributed by atoms with Crippen LogP contribution in [0.1, 0.15) is 0 Å². The van der Waals surface area contributed by atoms with E-state index in [1.54, 1.807) is 12.3 Å². The summed E-state index contributed by atoms with van der Waals surface area (Å²) in [5.74, 6) is 0.470. The van der Waals surface area contributed by atoms with Gasteiger partial charge in [0.1, 0.15) is 0 Å². The van der Waals surface area contributed by atoms with Gasteiger partial charge in [0.05, 0.1) is 20.1 Å². The van der Waals surface area contributed by atoms with Gasteiger partial charge in [0.15, 0.2) is 6.10 Å². The van der Waals surface area contributed by atoms with E-state index in [0.29, 0.717) is 12.4 Å². The monoisotopic (exact) mass is 212 g/mol. The fourth-order valence-corrected chi connectivity index (χ4v) is 1.65. The maximum absolute atomic E-state index is 11.3. The number of hydrogen-bond acceptors (Lipinski definition) is 5. The van der Waals surface area contributed by atoms with Gasteiger partial charge in [-0.15, -0.1) is 0 Å². The van der Waals surface area contributed by atoms with Crippen LogP contribution in [0.15, 0.2) is 17.4 Å². The van der Waals surface area contributed by atoms with Crippen LogP contribution in [0.2, 0.25) is 0 Å². The van der Waals surface area contributed by atoms with Gasteiger partial charge in [0, 0.05) is 12.7 Å². The lowest BCUT2D eigenvalue weighted by molar-refractivity contribution is 0.0754. The summed E-state index contributed by atoms with van der Waals surface area (Å²) in [5.41, 5.74) is 0. The van der Waals surface area contributed by atoms with Gasteiger partial charge in [0.2, 0.25) is 5.90 Å². The Morgan fingerprint density at radius 3 is 3.13 bits per heavy atom. The number of carbonyl (C=O) groups excluding carboxylic acids is 1. The summed E-state index contributed by atoms with van der Waals surface area (Å²) in [5, 5.41) is 3.78. The quantitative estimate of drug-likeness (QED) is 0.588. The average Bonchev–Trinajstić information content (AvgIpc) is 2.69. The van der Waals surface area contributed by atoms with Crippen molar-refractivity contribution in [2.24, 2.45) is 11.1 Å². The smallest absolute Gasteiger partial charge is 0.413 e. The van der Waals surface area contributed by atoms with Crippen LogP contribution in [-0.2, 0) is 14.3 Å². The Labute approximate surface area is 87.1 Å². The number of oxime groups is 1. The van der Waals surface area contributed by atoms with E-state index in [2.05, 4.69) is 9.89 Å². The number of rotatable bonds is 0. The van der Waals surface area contributed by atoms with Crippen molar-refractivity contribution in [3.05, 3.63) is 12.3 Å². The lowest BCUT2D eigenvalue weighted by atomic mass is 10.00. The van der Waals surface area contributed by atoms with Crippen LogP contribution in [0, 0.1) is 5.92 Å². The highest BCUT2D eigenvalue weighted by Crippen LogP contribution is 2.25. The third-order valence-corrected chi connectivity index (χ3v) is 2.45. The van der Waals surface area contributed by atoms with Crippen molar-refractivity contribution in [2.75, 3.05) is 20.8 Å². The molecule has 15 heavy (non-hydrogen) atoms. The van der Waals surface area contributed by atoms with Crippen molar-refractivity contribution in [1.82, 2.24) is 4.90 Å². The van der Waals surface area contributed by atoms with Crippen molar-refractivity contribution in [3.63, 3.8) is 0 Å². The molecule has 0 aliphatic carbocycles. The first-order valence-corrected chi connectivity index (χ1v) is 4.57. The van der Waals surface area contributed by atoms with Gasteiger partial charge in [0.25, 0.3) is 0 Å². The molecule has 0 saturated carbocycles. The first-order valence-electron chi connectivity index (χ1n) is 4.57. The lowest BCUT2D eigenvalue weighted by Crippen LogP contribution is -2.41. The topological polar surface area (TPSA) is 60.4 Å². The summed E-state index contributed by atoms with van der Waals surface area (Å²) in [6, 6.07) is 0. The molecule has 0 fully saturated rings. The molecule has 0 saturated heterocycles. The minimum Gasteiger partial charge on any atom is -0.482 e. The molecule has 2 atom stereocenters. The maximum atomic E-state index is 11.3. The summed E-state index contributed by atoms with van der Waals surface area (Å²) in [6.45, 7) is 0.459. The van der Waals surface area contributed by atoms with Crippen LogP contribution in [0.5, 0.6) is 0 Å². The van der Waals surface area contributed by atoms with Crippen molar-refractivity contribution >= 4 is 12.0 Å². The maximum Gasteiger partial charge on any atom is 0.413 e. The molecule has 1 amide bonds. The molecule has 6 nitrogen and oxygen atoms in total. The molecule has 0 unspecified atom stereocenters. The number of fused-ring (bicyclic) bond motifs is 1. The summed E-state index contributed by atoms with van der Waals surface area (Å²) in [6.07, 6.45) is 2.87. The van der Waals surface area contributed by atoms with Crippen LogP contribution in [0.25, 0.3) is 0 Å². The minimum atomic E-state index is -0.396. The second-order valence-electron chi connectivity index (χ2n) is 3.27. The number of nitrogens with zero attached hydrogens (tertiary/aromatic N) is 2. The van der Waals surface area contributed by atoms with E-state index in [4.69, 9.17) is 9.57 Å². The normalized spacial score (nSPS) is 27.9. The SMILES string of the molecule is COC(=O)N1C=C[C@@H]2ON=C(OC)[C@H]2C1. The van der Waals surface area contributed by atoms with E-state index < -0.39 is 6.09 Å². The molecule has 2 heterocycles. The van der Waals surface area contributed by atoms with Gasteiger partial charge in [-0.3, -0.25) is 4.90 Å². The van der Waals surface area contributed by atoms with E-state index in [-0.39, 0.29) is 12.0 Å². The standard InChI is InChI=1S/C9H12N2O4/c1-13-8-6-5-11(9(12)14-2)4-3-7(6)15-10-8/h3-4,6-7H,5H2,1-2H3/t6-,7-/m0/s1. The Bertz CT molecular complexity index is 326. The molecule has 2 aliphatic heterocycles. The zero-order chi connectivity index (χ0) is 10.8. The van der Waals surface area contributed by atoms with Crippen molar-refractivity contribution < 1.29 is 19.1 Å². The van der Waals surface area contributed by atoms with Gasteiger partial charge in [-0.2, -0.15) is 0 Å². The number of methoxy groups -OCH3 is 2. The lowest BCUT2D eigenvalue weighted by Gasteiger charge is -2.26. The fraction of sp³-hybridized carbons (Fsp3) is 0.556. The second kappa shape index (κ2) is 3.80. The highest BCUT2D eigenvalue weighted by molar-refractivity contribution is 5.82. The first kappa shape index (κ1) is 9.82.